The van der Waals surface area contributed by atoms with Crippen LogP contribution in [0, 0.1) is 0 Å². The number of benzene rings is 2. The molecule has 2 aromatic carbocycles. The first-order valence-electron chi connectivity index (χ1n) is 9.04. The lowest BCUT2D eigenvalue weighted by Gasteiger charge is -2.18. The number of carbonyl (C=O) groups is 2. The Labute approximate surface area is 181 Å². The van der Waals surface area contributed by atoms with Gasteiger partial charge in [-0.25, -0.2) is 0 Å². The Kier molecular flexibility index (Phi) is 5.86. The topological polar surface area (TPSA) is 102 Å². The molecule has 0 saturated heterocycles. The Morgan fingerprint density at radius 1 is 1.27 bits per heavy atom. The number of anilines is 3. The largest absolute Gasteiger partial charge is 0.497 e. The van der Waals surface area contributed by atoms with Crippen LogP contribution in [-0.4, -0.2) is 40.9 Å². The van der Waals surface area contributed by atoms with E-state index in [1.807, 2.05) is 31.2 Å². The standard InChI is InChI=1S/C20H18N4O4S2/c1-11(18(26)12-3-8-16-15(9-12)22-17(25)10-28-16)29-20-24-23-19(30-20)21-13-4-6-14(27-2)7-5-13/h3-9,11H,10H2,1-2H3,(H,21,23)(H,22,25). The number of carbonyl (C=O) groups excluding carboxylic acids is 2. The van der Waals surface area contributed by atoms with Gasteiger partial charge in [-0.15, -0.1) is 10.2 Å². The Balaban J connectivity index is 1.40. The lowest BCUT2D eigenvalue weighted by atomic mass is 10.1. The second-order valence-corrected chi connectivity index (χ2v) is 8.96. The monoisotopic (exact) mass is 442 g/mol. The van der Waals surface area contributed by atoms with Crippen molar-refractivity contribution in [2.75, 3.05) is 24.4 Å². The van der Waals surface area contributed by atoms with E-state index in [-0.39, 0.29) is 23.5 Å². The SMILES string of the molecule is COc1ccc(Nc2nnc(SC(C)C(=O)c3ccc4c(c3)NC(=O)CO4)s2)cc1. The molecule has 1 aromatic heterocycles. The van der Waals surface area contributed by atoms with Gasteiger partial charge in [-0.3, -0.25) is 9.59 Å². The number of aromatic nitrogens is 2. The van der Waals surface area contributed by atoms with Gasteiger partial charge in [-0.1, -0.05) is 23.1 Å². The number of thioether (sulfide) groups is 1. The molecule has 154 valence electrons. The smallest absolute Gasteiger partial charge is 0.262 e. The number of amides is 1. The zero-order valence-electron chi connectivity index (χ0n) is 16.2. The van der Waals surface area contributed by atoms with Gasteiger partial charge in [0.2, 0.25) is 5.13 Å². The van der Waals surface area contributed by atoms with E-state index in [0.29, 0.717) is 26.5 Å². The summed E-state index contributed by atoms with van der Waals surface area (Å²) in [6.45, 7) is 1.80. The highest BCUT2D eigenvalue weighted by molar-refractivity contribution is 8.02. The normalized spacial score (nSPS) is 13.6. The van der Waals surface area contributed by atoms with Crippen molar-refractivity contribution in [3.05, 3.63) is 48.0 Å². The lowest BCUT2D eigenvalue weighted by molar-refractivity contribution is -0.118. The van der Waals surface area contributed by atoms with Crippen molar-refractivity contribution < 1.29 is 19.1 Å². The van der Waals surface area contributed by atoms with Gasteiger partial charge in [0.05, 0.1) is 18.0 Å². The molecule has 0 bridgehead atoms. The van der Waals surface area contributed by atoms with Gasteiger partial charge >= 0.3 is 0 Å². The van der Waals surface area contributed by atoms with Crippen LogP contribution in [0.1, 0.15) is 17.3 Å². The fraction of sp³-hybridized carbons (Fsp3) is 0.200. The van der Waals surface area contributed by atoms with Crippen LogP contribution in [0.5, 0.6) is 11.5 Å². The number of hydrogen-bond acceptors (Lipinski definition) is 9. The molecular weight excluding hydrogens is 424 g/mol. The van der Waals surface area contributed by atoms with Crippen LogP contribution in [0.15, 0.2) is 46.8 Å². The first-order valence-corrected chi connectivity index (χ1v) is 10.7. The Bertz CT molecular complexity index is 1080. The minimum absolute atomic E-state index is 0.0174. The van der Waals surface area contributed by atoms with Crippen LogP contribution in [0.3, 0.4) is 0 Å². The van der Waals surface area contributed by atoms with Gasteiger partial charge in [-0.2, -0.15) is 0 Å². The van der Waals surface area contributed by atoms with E-state index in [4.69, 9.17) is 9.47 Å². The summed E-state index contributed by atoms with van der Waals surface area (Å²) in [5.74, 6) is 1.03. The van der Waals surface area contributed by atoms with Crippen molar-refractivity contribution in [1.82, 2.24) is 10.2 Å². The number of hydrogen-bond donors (Lipinski definition) is 2. The van der Waals surface area contributed by atoms with Crippen LogP contribution >= 0.6 is 23.1 Å². The van der Waals surface area contributed by atoms with Crippen molar-refractivity contribution in [1.29, 1.82) is 0 Å². The predicted octanol–water partition coefficient (Wildman–Crippen LogP) is 3.98. The van der Waals surface area contributed by atoms with E-state index in [0.717, 1.165) is 11.4 Å². The second kappa shape index (κ2) is 8.72. The van der Waals surface area contributed by atoms with Crippen molar-refractivity contribution in [2.45, 2.75) is 16.5 Å². The molecule has 4 rings (SSSR count). The number of nitrogens with zero attached hydrogens (tertiary/aromatic N) is 2. The molecule has 3 aromatic rings. The highest BCUT2D eigenvalue weighted by Crippen LogP contribution is 2.34. The highest BCUT2D eigenvalue weighted by atomic mass is 32.2. The fourth-order valence-corrected chi connectivity index (χ4v) is 4.77. The number of nitrogens with one attached hydrogen (secondary N) is 2. The third-order valence-electron chi connectivity index (χ3n) is 4.29. The first-order chi connectivity index (χ1) is 14.5. The third-order valence-corrected chi connectivity index (χ3v) is 6.31. The number of ether oxygens (including phenoxy) is 2. The average Bonchev–Trinajstić information content (AvgIpc) is 3.19. The predicted molar refractivity (Wildman–Crippen MR) is 116 cm³/mol. The highest BCUT2D eigenvalue weighted by Gasteiger charge is 2.22. The van der Waals surface area contributed by atoms with E-state index < -0.39 is 0 Å². The average molecular weight is 443 g/mol. The molecule has 0 aliphatic carbocycles. The molecule has 1 aliphatic heterocycles. The molecule has 1 unspecified atom stereocenters. The van der Waals surface area contributed by atoms with Crippen LogP contribution in [0.2, 0.25) is 0 Å². The molecule has 0 spiro atoms. The lowest BCUT2D eigenvalue weighted by Crippen LogP contribution is -2.25. The van der Waals surface area contributed by atoms with Gasteiger partial charge in [0.15, 0.2) is 16.7 Å². The van der Waals surface area contributed by atoms with Crippen molar-refractivity contribution >= 4 is 51.3 Å². The maximum absolute atomic E-state index is 12.8. The zero-order chi connectivity index (χ0) is 21.1. The van der Waals surface area contributed by atoms with Gasteiger partial charge in [0.1, 0.15) is 11.5 Å². The fourth-order valence-electron chi connectivity index (χ4n) is 2.78. The second-order valence-electron chi connectivity index (χ2n) is 6.40. The molecule has 1 amide bonds. The van der Waals surface area contributed by atoms with Crippen molar-refractivity contribution in [3.63, 3.8) is 0 Å². The van der Waals surface area contributed by atoms with Gasteiger partial charge in [0, 0.05) is 11.3 Å². The summed E-state index contributed by atoms with van der Waals surface area (Å²) < 4.78 is 11.2. The quantitative estimate of drug-likeness (QED) is 0.418. The van der Waals surface area contributed by atoms with Crippen LogP contribution < -0.4 is 20.1 Å². The third kappa shape index (κ3) is 4.55. The summed E-state index contributed by atoms with van der Waals surface area (Å²) in [5, 5.41) is 14.5. The Hall–Kier alpha value is -3.11. The van der Waals surface area contributed by atoms with Gasteiger partial charge in [0.25, 0.3) is 5.91 Å². The number of fused-ring (bicyclic) bond motifs is 1. The molecule has 8 nitrogen and oxygen atoms in total. The molecule has 30 heavy (non-hydrogen) atoms. The molecule has 10 heteroatoms. The summed E-state index contributed by atoms with van der Waals surface area (Å²) >= 11 is 2.71. The summed E-state index contributed by atoms with van der Waals surface area (Å²) in [6, 6.07) is 12.5. The van der Waals surface area contributed by atoms with Gasteiger partial charge < -0.3 is 20.1 Å². The van der Waals surface area contributed by atoms with E-state index in [1.165, 1.54) is 23.1 Å². The Morgan fingerprint density at radius 2 is 2.07 bits per heavy atom. The zero-order valence-corrected chi connectivity index (χ0v) is 17.8. The van der Waals surface area contributed by atoms with Crippen LogP contribution in [0.25, 0.3) is 0 Å². The number of methoxy groups -OCH3 is 1. The molecule has 2 N–H and O–H groups in total. The molecule has 1 aliphatic rings. The number of ketones is 1. The summed E-state index contributed by atoms with van der Waals surface area (Å²) in [4.78, 5) is 24.3. The van der Waals surface area contributed by atoms with Crippen molar-refractivity contribution in [2.24, 2.45) is 0 Å². The molecule has 1 atom stereocenters. The molecular formula is C20H18N4O4S2. The van der Waals surface area contributed by atoms with E-state index in [2.05, 4.69) is 20.8 Å². The van der Waals surface area contributed by atoms with Gasteiger partial charge in [-0.05, 0) is 49.4 Å². The molecule has 2 heterocycles. The van der Waals surface area contributed by atoms with Crippen molar-refractivity contribution in [3.8, 4) is 11.5 Å². The summed E-state index contributed by atoms with van der Waals surface area (Å²) in [7, 11) is 1.62. The summed E-state index contributed by atoms with van der Waals surface area (Å²) in [6.07, 6.45) is 0. The minimum atomic E-state index is -0.370. The van der Waals surface area contributed by atoms with Crippen LogP contribution in [0.4, 0.5) is 16.5 Å². The Morgan fingerprint density at radius 3 is 2.83 bits per heavy atom. The molecule has 0 fully saturated rings. The van der Waals surface area contributed by atoms with E-state index in [9.17, 15) is 9.59 Å². The minimum Gasteiger partial charge on any atom is -0.497 e. The molecule has 0 radical (unpaired) electrons. The molecule has 0 saturated carbocycles. The number of Topliss-reactive ketones (excluding diaryl/α,β-unsaturated/α-hetero) is 1. The first kappa shape index (κ1) is 20.2. The maximum Gasteiger partial charge on any atom is 0.262 e. The summed E-state index contributed by atoms with van der Waals surface area (Å²) in [5.41, 5.74) is 1.88. The van der Waals surface area contributed by atoms with E-state index >= 15 is 0 Å². The van der Waals surface area contributed by atoms with E-state index in [1.54, 1.807) is 25.3 Å². The number of rotatable bonds is 7. The maximum atomic E-state index is 12.8. The van der Waals surface area contributed by atoms with Crippen LogP contribution in [-0.2, 0) is 4.79 Å².